The lowest BCUT2D eigenvalue weighted by Gasteiger charge is -2.15. The Balaban J connectivity index is 2.01. The Bertz CT molecular complexity index is 630. The van der Waals surface area contributed by atoms with Gasteiger partial charge in [-0.05, 0) is 31.2 Å². The average molecular weight is 306 g/mol. The van der Waals surface area contributed by atoms with Gasteiger partial charge < -0.3 is 14.8 Å². The van der Waals surface area contributed by atoms with Gasteiger partial charge in [0, 0.05) is 6.07 Å². The van der Waals surface area contributed by atoms with Crippen molar-refractivity contribution in [3.05, 3.63) is 53.6 Å². The van der Waals surface area contributed by atoms with Gasteiger partial charge in [0.1, 0.15) is 11.5 Å². The van der Waals surface area contributed by atoms with Gasteiger partial charge in [-0.2, -0.15) is 0 Å². The van der Waals surface area contributed by atoms with Crippen molar-refractivity contribution in [2.75, 3.05) is 12.4 Å². The molecule has 0 aromatic heterocycles. The summed E-state index contributed by atoms with van der Waals surface area (Å²) >= 11 is 6.00. The predicted molar refractivity (Wildman–Crippen MR) is 83.2 cm³/mol. The molecule has 0 unspecified atom stereocenters. The molecule has 1 amide bonds. The van der Waals surface area contributed by atoms with Crippen LogP contribution in [0.2, 0.25) is 5.02 Å². The minimum absolute atomic E-state index is 0.272. The molecule has 0 bridgehead atoms. The zero-order valence-electron chi connectivity index (χ0n) is 11.8. The van der Waals surface area contributed by atoms with E-state index < -0.39 is 6.10 Å². The fraction of sp³-hybridized carbons (Fsp3) is 0.188. The number of para-hydroxylation sites is 1. The third-order valence-electron chi connectivity index (χ3n) is 2.86. The summed E-state index contributed by atoms with van der Waals surface area (Å²) in [6, 6.07) is 14.1. The molecule has 0 aliphatic rings. The summed E-state index contributed by atoms with van der Waals surface area (Å²) in [4.78, 5) is 12.1. The second-order valence-electron chi connectivity index (χ2n) is 4.41. The van der Waals surface area contributed by atoms with Gasteiger partial charge in [-0.1, -0.05) is 29.8 Å². The Labute approximate surface area is 128 Å². The van der Waals surface area contributed by atoms with E-state index in [4.69, 9.17) is 21.1 Å². The molecule has 1 N–H and O–H groups in total. The highest BCUT2D eigenvalue weighted by Gasteiger charge is 2.16. The van der Waals surface area contributed by atoms with Crippen LogP contribution in [0.25, 0.3) is 0 Å². The molecule has 21 heavy (non-hydrogen) atoms. The quantitative estimate of drug-likeness (QED) is 0.915. The van der Waals surface area contributed by atoms with Crippen LogP contribution in [0.3, 0.4) is 0 Å². The van der Waals surface area contributed by atoms with Gasteiger partial charge in [-0.15, -0.1) is 0 Å². The first-order chi connectivity index (χ1) is 10.1. The largest absolute Gasteiger partial charge is 0.497 e. The number of nitrogens with one attached hydrogen (secondary N) is 1. The van der Waals surface area contributed by atoms with Gasteiger partial charge in [-0.25, -0.2) is 0 Å². The minimum Gasteiger partial charge on any atom is -0.497 e. The first kappa shape index (κ1) is 15.2. The number of anilines is 1. The summed E-state index contributed by atoms with van der Waals surface area (Å²) in [6.45, 7) is 1.67. The molecule has 2 aromatic rings. The van der Waals surface area contributed by atoms with E-state index in [9.17, 15) is 4.79 Å². The van der Waals surface area contributed by atoms with Crippen molar-refractivity contribution in [3.8, 4) is 11.5 Å². The van der Waals surface area contributed by atoms with E-state index >= 15 is 0 Å². The van der Waals surface area contributed by atoms with Crippen molar-refractivity contribution in [2.45, 2.75) is 13.0 Å². The Morgan fingerprint density at radius 1 is 1.14 bits per heavy atom. The number of hydrogen-bond acceptors (Lipinski definition) is 3. The molecule has 0 aliphatic carbocycles. The van der Waals surface area contributed by atoms with Crippen molar-refractivity contribution in [1.29, 1.82) is 0 Å². The van der Waals surface area contributed by atoms with Crippen LogP contribution in [0.15, 0.2) is 48.5 Å². The second kappa shape index (κ2) is 6.99. The first-order valence-electron chi connectivity index (χ1n) is 6.46. The molecule has 110 valence electrons. The van der Waals surface area contributed by atoms with Crippen molar-refractivity contribution in [1.82, 2.24) is 0 Å². The lowest BCUT2D eigenvalue weighted by atomic mass is 10.3. The van der Waals surface area contributed by atoms with E-state index in [2.05, 4.69) is 5.32 Å². The van der Waals surface area contributed by atoms with E-state index in [1.807, 2.05) is 0 Å². The fourth-order valence-corrected chi connectivity index (χ4v) is 1.91. The summed E-state index contributed by atoms with van der Waals surface area (Å²) in [5.41, 5.74) is 0.560. The average Bonchev–Trinajstić information content (AvgIpc) is 2.49. The number of carbonyl (C=O) groups excluding carboxylic acids is 1. The molecule has 4 nitrogen and oxygen atoms in total. The summed E-state index contributed by atoms with van der Waals surface area (Å²) in [6.07, 6.45) is -0.659. The minimum atomic E-state index is -0.659. The molecular formula is C16H16ClNO3. The topological polar surface area (TPSA) is 47.6 Å². The van der Waals surface area contributed by atoms with Gasteiger partial charge >= 0.3 is 0 Å². The maximum atomic E-state index is 12.1. The summed E-state index contributed by atoms with van der Waals surface area (Å²) in [5.74, 6) is 0.966. The number of methoxy groups -OCH3 is 1. The Hall–Kier alpha value is -2.20. The number of rotatable bonds is 5. The van der Waals surface area contributed by atoms with E-state index in [1.54, 1.807) is 62.6 Å². The lowest BCUT2D eigenvalue weighted by molar-refractivity contribution is -0.122. The van der Waals surface area contributed by atoms with Crippen LogP contribution < -0.4 is 14.8 Å². The van der Waals surface area contributed by atoms with Crippen LogP contribution >= 0.6 is 11.6 Å². The number of hydrogen-bond donors (Lipinski definition) is 1. The van der Waals surface area contributed by atoms with Crippen molar-refractivity contribution >= 4 is 23.2 Å². The normalized spacial score (nSPS) is 11.6. The molecule has 2 rings (SSSR count). The number of carbonyl (C=O) groups is 1. The summed E-state index contributed by atoms with van der Waals surface area (Å²) < 4.78 is 10.7. The molecule has 5 heteroatoms. The van der Waals surface area contributed by atoms with Crippen LogP contribution in [0.4, 0.5) is 5.69 Å². The highest BCUT2D eigenvalue weighted by atomic mass is 35.5. The van der Waals surface area contributed by atoms with Crippen molar-refractivity contribution in [2.24, 2.45) is 0 Å². The monoisotopic (exact) mass is 305 g/mol. The van der Waals surface area contributed by atoms with Crippen LogP contribution in [0.5, 0.6) is 11.5 Å². The summed E-state index contributed by atoms with van der Waals surface area (Å²) in [7, 11) is 1.58. The molecule has 0 aliphatic heterocycles. The highest BCUT2D eigenvalue weighted by molar-refractivity contribution is 6.33. The van der Waals surface area contributed by atoms with Gasteiger partial charge in [0.05, 0.1) is 17.8 Å². The van der Waals surface area contributed by atoms with Gasteiger partial charge in [0.2, 0.25) is 0 Å². The first-order valence-corrected chi connectivity index (χ1v) is 6.84. The SMILES string of the molecule is COc1cccc(O[C@H](C)C(=O)Nc2ccccc2Cl)c1. The molecular weight excluding hydrogens is 290 g/mol. The highest BCUT2D eigenvalue weighted by Crippen LogP contribution is 2.22. The third kappa shape index (κ3) is 4.13. The molecule has 0 saturated carbocycles. The molecule has 0 radical (unpaired) electrons. The fourth-order valence-electron chi connectivity index (χ4n) is 1.73. The van der Waals surface area contributed by atoms with Crippen molar-refractivity contribution < 1.29 is 14.3 Å². The smallest absolute Gasteiger partial charge is 0.265 e. The van der Waals surface area contributed by atoms with Crippen LogP contribution in [0.1, 0.15) is 6.92 Å². The van der Waals surface area contributed by atoms with Gasteiger partial charge in [0.25, 0.3) is 5.91 Å². The number of halogens is 1. The van der Waals surface area contributed by atoms with Gasteiger partial charge in [-0.3, -0.25) is 4.79 Å². The van der Waals surface area contributed by atoms with Crippen LogP contribution in [-0.4, -0.2) is 19.1 Å². The number of amides is 1. The molecule has 0 fully saturated rings. The zero-order valence-corrected chi connectivity index (χ0v) is 12.6. The molecule has 1 atom stereocenters. The molecule has 0 spiro atoms. The van der Waals surface area contributed by atoms with Gasteiger partial charge in [0.15, 0.2) is 6.10 Å². The summed E-state index contributed by atoms with van der Waals surface area (Å²) in [5, 5.41) is 3.22. The number of benzene rings is 2. The van der Waals surface area contributed by atoms with E-state index in [1.165, 1.54) is 0 Å². The van der Waals surface area contributed by atoms with E-state index in [0.717, 1.165) is 0 Å². The van der Waals surface area contributed by atoms with Crippen LogP contribution in [-0.2, 0) is 4.79 Å². The maximum Gasteiger partial charge on any atom is 0.265 e. The van der Waals surface area contributed by atoms with Crippen LogP contribution in [0, 0.1) is 0 Å². The number of ether oxygens (including phenoxy) is 2. The second-order valence-corrected chi connectivity index (χ2v) is 4.82. The van der Waals surface area contributed by atoms with E-state index in [-0.39, 0.29) is 5.91 Å². The Morgan fingerprint density at radius 2 is 1.86 bits per heavy atom. The Kier molecular flexibility index (Phi) is 5.06. The maximum absolute atomic E-state index is 12.1. The predicted octanol–water partition coefficient (Wildman–Crippen LogP) is 3.75. The molecule has 0 heterocycles. The van der Waals surface area contributed by atoms with E-state index in [0.29, 0.717) is 22.2 Å². The zero-order chi connectivity index (χ0) is 15.2. The lowest BCUT2D eigenvalue weighted by Crippen LogP contribution is -2.30. The van der Waals surface area contributed by atoms with Crippen molar-refractivity contribution in [3.63, 3.8) is 0 Å². The molecule has 0 saturated heterocycles. The third-order valence-corrected chi connectivity index (χ3v) is 3.18. The molecule has 2 aromatic carbocycles. The Morgan fingerprint density at radius 3 is 2.57 bits per heavy atom. The standard InChI is InChI=1S/C16H16ClNO3/c1-11(21-13-7-5-6-12(10-13)20-2)16(19)18-15-9-4-3-8-14(15)17/h3-11H,1-2H3,(H,18,19)/t11-/m1/s1.